The van der Waals surface area contributed by atoms with Crippen molar-refractivity contribution in [2.24, 2.45) is 0 Å². The van der Waals surface area contributed by atoms with Crippen LogP contribution in [-0.4, -0.2) is 35.3 Å². The van der Waals surface area contributed by atoms with Crippen LogP contribution >= 0.6 is 11.8 Å². The van der Waals surface area contributed by atoms with E-state index >= 15 is 0 Å². The molecule has 0 aliphatic carbocycles. The summed E-state index contributed by atoms with van der Waals surface area (Å²) in [6, 6.07) is 0.576. The summed E-state index contributed by atoms with van der Waals surface area (Å²) in [5.41, 5.74) is 0.288. The first-order valence-corrected chi connectivity index (χ1v) is 7.29. The summed E-state index contributed by atoms with van der Waals surface area (Å²) in [5, 5.41) is 3.77. The van der Waals surface area contributed by atoms with E-state index < -0.39 is 0 Å². The molecule has 2 nitrogen and oxygen atoms in total. The Balaban J connectivity index is 2.29. The molecule has 0 radical (unpaired) electrons. The number of thioether (sulfide) groups is 1. The van der Waals surface area contributed by atoms with E-state index in [0.29, 0.717) is 10.8 Å². The van der Waals surface area contributed by atoms with Crippen molar-refractivity contribution in [2.45, 2.75) is 63.8 Å². The van der Waals surface area contributed by atoms with Crippen molar-refractivity contribution in [2.75, 3.05) is 19.0 Å². The van der Waals surface area contributed by atoms with Crippen LogP contribution in [0.5, 0.6) is 0 Å². The summed E-state index contributed by atoms with van der Waals surface area (Å²) < 4.78 is 5.78. The highest BCUT2D eigenvalue weighted by Gasteiger charge is 2.28. The van der Waals surface area contributed by atoms with Gasteiger partial charge in [0.05, 0.1) is 0 Å². The molecule has 1 N–H and O–H groups in total. The predicted octanol–water partition coefficient (Wildman–Crippen LogP) is 3.07. The Hall–Kier alpha value is 0.270. The minimum absolute atomic E-state index is 0.288. The highest BCUT2D eigenvalue weighted by atomic mass is 32.2. The van der Waals surface area contributed by atoms with Crippen molar-refractivity contribution in [1.82, 2.24) is 5.32 Å². The van der Waals surface area contributed by atoms with Gasteiger partial charge in [-0.25, -0.2) is 0 Å². The van der Waals surface area contributed by atoms with Crippen LogP contribution in [0.25, 0.3) is 0 Å². The van der Waals surface area contributed by atoms with Gasteiger partial charge in [0.15, 0.2) is 0 Å². The van der Waals surface area contributed by atoms with Gasteiger partial charge in [0.1, 0.15) is 0 Å². The maximum absolute atomic E-state index is 5.42. The van der Waals surface area contributed by atoms with Gasteiger partial charge in [0.25, 0.3) is 0 Å². The maximum Gasteiger partial charge on any atom is 0.0483 e. The zero-order chi connectivity index (χ0) is 12.2. The molecule has 1 atom stereocenters. The molecule has 1 fully saturated rings. The smallest absolute Gasteiger partial charge is 0.0483 e. The highest BCUT2D eigenvalue weighted by molar-refractivity contribution is 8.00. The first kappa shape index (κ1) is 14.3. The second-order valence-electron chi connectivity index (χ2n) is 6.14. The number of hydrogen-bond acceptors (Lipinski definition) is 3. The zero-order valence-corrected chi connectivity index (χ0v) is 12.2. The van der Waals surface area contributed by atoms with Gasteiger partial charge in [-0.15, -0.1) is 0 Å². The van der Waals surface area contributed by atoms with Gasteiger partial charge in [-0.2, -0.15) is 11.8 Å². The van der Waals surface area contributed by atoms with Crippen molar-refractivity contribution in [3.05, 3.63) is 0 Å². The Kier molecular flexibility index (Phi) is 5.14. The van der Waals surface area contributed by atoms with Gasteiger partial charge < -0.3 is 10.1 Å². The van der Waals surface area contributed by atoms with Crippen molar-refractivity contribution in [3.8, 4) is 0 Å². The topological polar surface area (TPSA) is 21.3 Å². The van der Waals surface area contributed by atoms with Gasteiger partial charge in [0, 0.05) is 35.3 Å². The predicted molar refractivity (Wildman–Crippen MR) is 73.3 cm³/mol. The lowest BCUT2D eigenvalue weighted by molar-refractivity contribution is 0.0424. The number of hydrogen-bond donors (Lipinski definition) is 1. The molecule has 1 rings (SSSR count). The molecule has 1 heterocycles. The summed E-state index contributed by atoms with van der Waals surface area (Å²) in [4.78, 5) is 0. The summed E-state index contributed by atoms with van der Waals surface area (Å²) in [6.45, 7) is 13.3. The molecule has 96 valence electrons. The van der Waals surface area contributed by atoms with Gasteiger partial charge in [-0.05, 0) is 26.7 Å². The molecule has 0 saturated carbocycles. The molecule has 0 bridgehead atoms. The molecular formula is C13H27NOS. The molecule has 0 spiro atoms. The van der Waals surface area contributed by atoms with Crippen LogP contribution in [0.3, 0.4) is 0 Å². The Bertz CT molecular complexity index is 206. The van der Waals surface area contributed by atoms with Crippen molar-refractivity contribution in [3.63, 3.8) is 0 Å². The Labute approximate surface area is 105 Å². The first-order valence-electron chi connectivity index (χ1n) is 6.30. The van der Waals surface area contributed by atoms with Gasteiger partial charge >= 0.3 is 0 Å². The summed E-state index contributed by atoms with van der Waals surface area (Å²) in [7, 11) is 0. The third-order valence-corrected chi connectivity index (χ3v) is 4.49. The molecule has 16 heavy (non-hydrogen) atoms. The molecule has 1 aliphatic heterocycles. The molecule has 0 aromatic carbocycles. The zero-order valence-electron chi connectivity index (χ0n) is 11.4. The first-order chi connectivity index (χ1) is 7.31. The standard InChI is InChI=1S/C13H27NOS/c1-11(10-16-12(2,3)4)14-13(5)6-8-15-9-7-13/h11,14H,6-10H2,1-5H3. The van der Waals surface area contributed by atoms with Crippen LogP contribution in [0.1, 0.15) is 47.5 Å². The van der Waals surface area contributed by atoms with Gasteiger partial charge in [0.2, 0.25) is 0 Å². The molecule has 0 aromatic rings. The number of nitrogens with one attached hydrogen (secondary N) is 1. The Morgan fingerprint density at radius 2 is 1.88 bits per heavy atom. The van der Waals surface area contributed by atoms with E-state index in [-0.39, 0.29) is 5.54 Å². The van der Waals surface area contributed by atoms with E-state index in [2.05, 4.69) is 39.9 Å². The van der Waals surface area contributed by atoms with E-state index in [1.54, 1.807) is 0 Å². The van der Waals surface area contributed by atoms with Crippen LogP contribution in [-0.2, 0) is 4.74 Å². The summed E-state index contributed by atoms with van der Waals surface area (Å²) >= 11 is 2.04. The summed E-state index contributed by atoms with van der Waals surface area (Å²) in [5.74, 6) is 1.18. The van der Waals surface area contributed by atoms with Crippen molar-refractivity contribution >= 4 is 11.8 Å². The van der Waals surface area contributed by atoms with Crippen LogP contribution in [0.2, 0.25) is 0 Å². The third kappa shape index (κ3) is 5.55. The highest BCUT2D eigenvalue weighted by Crippen LogP contribution is 2.25. The Morgan fingerprint density at radius 1 is 1.31 bits per heavy atom. The second-order valence-corrected chi connectivity index (χ2v) is 7.99. The van der Waals surface area contributed by atoms with Crippen LogP contribution in [0.4, 0.5) is 0 Å². The minimum Gasteiger partial charge on any atom is -0.381 e. The molecule has 1 aliphatic rings. The van der Waals surface area contributed by atoms with Crippen molar-refractivity contribution in [1.29, 1.82) is 0 Å². The fourth-order valence-corrected chi connectivity index (χ4v) is 2.81. The monoisotopic (exact) mass is 245 g/mol. The number of rotatable bonds is 4. The molecule has 0 amide bonds. The lowest BCUT2D eigenvalue weighted by Gasteiger charge is -2.37. The fourth-order valence-electron chi connectivity index (χ4n) is 1.98. The second kappa shape index (κ2) is 5.74. The average molecular weight is 245 g/mol. The maximum atomic E-state index is 5.42. The van der Waals surface area contributed by atoms with E-state index in [9.17, 15) is 0 Å². The SMILES string of the molecule is CC(CSC(C)(C)C)NC1(C)CCOCC1. The molecule has 1 saturated heterocycles. The lowest BCUT2D eigenvalue weighted by Crippen LogP contribution is -2.51. The number of ether oxygens (including phenoxy) is 1. The van der Waals surface area contributed by atoms with Crippen molar-refractivity contribution < 1.29 is 4.74 Å². The fraction of sp³-hybridized carbons (Fsp3) is 1.00. The van der Waals surface area contributed by atoms with Crippen LogP contribution in [0.15, 0.2) is 0 Å². The normalized spacial score (nSPS) is 23.1. The third-order valence-electron chi connectivity index (χ3n) is 2.96. The quantitative estimate of drug-likeness (QED) is 0.822. The van der Waals surface area contributed by atoms with Crippen LogP contribution < -0.4 is 5.32 Å². The van der Waals surface area contributed by atoms with Crippen LogP contribution in [0, 0.1) is 0 Å². The van der Waals surface area contributed by atoms with Gasteiger partial charge in [-0.1, -0.05) is 20.8 Å². The molecule has 0 aromatic heterocycles. The molecular weight excluding hydrogens is 218 g/mol. The largest absolute Gasteiger partial charge is 0.381 e. The van der Waals surface area contributed by atoms with E-state index in [1.165, 1.54) is 5.75 Å². The van der Waals surface area contributed by atoms with Gasteiger partial charge in [-0.3, -0.25) is 0 Å². The molecule has 3 heteroatoms. The van der Waals surface area contributed by atoms with E-state index in [1.807, 2.05) is 11.8 Å². The average Bonchev–Trinajstić information content (AvgIpc) is 2.14. The van der Waals surface area contributed by atoms with E-state index in [0.717, 1.165) is 26.1 Å². The van der Waals surface area contributed by atoms with E-state index in [4.69, 9.17) is 4.74 Å². The molecule has 1 unspecified atom stereocenters. The minimum atomic E-state index is 0.288. The summed E-state index contributed by atoms with van der Waals surface area (Å²) in [6.07, 6.45) is 2.27. The lowest BCUT2D eigenvalue weighted by atomic mass is 9.92. The Morgan fingerprint density at radius 3 is 2.38 bits per heavy atom.